The predicted molar refractivity (Wildman–Crippen MR) is 108 cm³/mol. The molecule has 0 unspecified atom stereocenters. The highest BCUT2D eigenvalue weighted by molar-refractivity contribution is 5.69. The maximum atomic E-state index is 11.6. The number of rotatable bonds is 19. The Hall–Kier alpha value is -0.730. The van der Waals surface area contributed by atoms with Crippen LogP contribution in [0.2, 0.25) is 0 Å². The lowest BCUT2D eigenvalue weighted by Gasteiger charge is -2.25. The van der Waals surface area contributed by atoms with Crippen LogP contribution in [0.3, 0.4) is 0 Å². The van der Waals surface area contributed by atoms with Crippen LogP contribution in [0.1, 0.15) is 90.4 Å². The highest BCUT2D eigenvalue weighted by atomic mass is 16.5. The van der Waals surface area contributed by atoms with Crippen molar-refractivity contribution in [2.75, 3.05) is 13.2 Å². The second-order valence-corrected chi connectivity index (χ2v) is 7.62. The maximum absolute atomic E-state index is 11.6. The van der Waals surface area contributed by atoms with E-state index in [9.17, 15) is 25.2 Å². The van der Waals surface area contributed by atoms with Gasteiger partial charge >= 0.3 is 5.97 Å². The van der Waals surface area contributed by atoms with Crippen molar-refractivity contribution in [1.82, 2.24) is 0 Å². The zero-order valence-corrected chi connectivity index (χ0v) is 17.5. The van der Waals surface area contributed by atoms with Crippen molar-refractivity contribution in [2.24, 2.45) is 0 Å². The largest absolute Gasteiger partial charge is 0.463 e. The third-order valence-electron chi connectivity index (χ3n) is 4.97. The van der Waals surface area contributed by atoms with Gasteiger partial charge in [-0.1, -0.05) is 77.6 Å². The Bertz CT molecular complexity index is 365. The first kappa shape index (κ1) is 27.3. The van der Waals surface area contributed by atoms with Gasteiger partial charge in [-0.2, -0.15) is 0 Å². The van der Waals surface area contributed by atoms with Crippen molar-refractivity contribution in [2.45, 2.75) is 115 Å². The average Bonchev–Trinajstić information content (AvgIpc) is 2.70. The maximum Gasteiger partial charge on any atom is 0.305 e. The van der Waals surface area contributed by atoms with Gasteiger partial charge in [0.2, 0.25) is 0 Å². The van der Waals surface area contributed by atoms with Crippen LogP contribution in [-0.2, 0) is 9.53 Å². The summed E-state index contributed by atoms with van der Waals surface area (Å²) in [6, 6.07) is 0. The van der Waals surface area contributed by atoms with Gasteiger partial charge in [0.05, 0.1) is 6.61 Å². The van der Waals surface area contributed by atoms with Gasteiger partial charge in [-0.15, -0.1) is 0 Å². The zero-order chi connectivity index (χ0) is 21.2. The summed E-state index contributed by atoms with van der Waals surface area (Å²) < 4.78 is 4.88. The Balaban J connectivity index is 3.55. The van der Waals surface area contributed by atoms with E-state index in [2.05, 4.69) is 6.92 Å². The number of carbonyl (C=O) groups excluding carboxylic acids is 1. The molecule has 0 heterocycles. The van der Waals surface area contributed by atoms with Gasteiger partial charge in [-0.25, -0.2) is 0 Å². The second-order valence-electron chi connectivity index (χ2n) is 7.62. The smallest absolute Gasteiger partial charge is 0.305 e. The lowest BCUT2D eigenvalue weighted by molar-refractivity contribution is -0.156. The van der Waals surface area contributed by atoms with Crippen LogP contribution in [0.5, 0.6) is 0 Å². The topological polar surface area (TPSA) is 127 Å². The molecule has 0 rings (SSSR count). The van der Waals surface area contributed by atoms with Crippen LogP contribution in [0.25, 0.3) is 0 Å². The zero-order valence-electron chi connectivity index (χ0n) is 17.5. The standard InChI is InChI=1S/C21H42O7/c1-2-3-4-5-6-7-8-9-10-11-12-13-14-19(25)28-16-18(24)21(27)20(26)17(23)15-22/h17-18,20-24,26-27H,2-16H2,1H3/t17-,18-,20-,21-/m1/s1. The first-order chi connectivity index (χ1) is 13.4. The van der Waals surface area contributed by atoms with E-state index >= 15 is 0 Å². The third kappa shape index (κ3) is 14.3. The number of hydrogen-bond donors (Lipinski definition) is 5. The molecule has 0 spiro atoms. The lowest BCUT2D eigenvalue weighted by Crippen LogP contribution is -2.47. The van der Waals surface area contributed by atoms with Crippen molar-refractivity contribution in [3.8, 4) is 0 Å². The summed E-state index contributed by atoms with van der Waals surface area (Å²) in [5.41, 5.74) is 0. The molecular formula is C21H42O7. The number of carbonyl (C=O) groups is 1. The second kappa shape index (κ2) is 18.3. The van der Waals surface area contributed by atoms with E-state index in [1.54, 1.807) is 0 Å². The SMILES string of the molecule is CCCCCCCCCCCCCCC(=O)OC[C@@H](O)[C@@H](O)[C@H](O)[C@H](O)CO. The molecule has 0 aliphatic heterocycles. The van der Waals surface area contributed by atoms with Crippen LogP contribution in [-0.4, -0.2) is 69.1 Å². The Morgan fingerprint density at radius 3 is 1.61 bits per heavy atom. The minimum absolute atomic E-state index is 0.252. The van der Waals surface area contributed by atoms with Crippen molar-refractivity contribution in [3.63, 3.8) is 0 Å². The fourth-order valence-corrected chi connectivity index (χ4v) is 3.02. The number of ether oxygens (including phenoxy) is 1. The summed E-state index contributed by atoms with van der Waals surface area (Å²) >= 11 is 0. The van der Waals surface area contributed by atoms with E-state index in [-0.39, 0.29) is 6.42 Å². The van der Waals surface area contributed by atoms with Crippen LogP contribution in [0.4, 0.5) is 0 Å². The minimum Gasteiger partial charge on any atom is -0.463 e. The van der Waals surface area contributed by atoms with Crippen LogP contribution >= 0.6 is 0 Å². The summed E-state index contributed by atoms with van der Waals surface area (Å²) in [6.07, 6.45) is 8.20. The summed E-state index contributed by atoms with van der Waals surface area (Å²) in [6.45, 7) is 1.02. The molecule has 0 radical (unpaired) electrons. The van der Waals surface area contributed by atoms with Gasteiger partial charge in [0.25, 0.3) is 0 Å². The number of unbranched alkanes of at least 4 members (excludes halogenated alkanes) is 11. The average molecular weight is 407 g/mol. The first-order valence-electron chi connectivity index (χ1n) is 10.9. The number of aliphatic hydroxyl groups excluding tert-OH is 5. The lowest BCUT2D eigenvalue weighted by atomic mass is 10.0. The molecule has 0 aromatic carbocycles. The van der Waals surface area contributed by atoms with E-state index in [4.69, 9.17) is 9.84 Å². The van der Waals surface area contributed by atoms with E-state index in [1.807, 2.05) is 0 Å². The molecule has 7 heteroatoms. The number of hydrogen-bond acceptors (Lipinski definition) is 7. The molecule has 0 saturated carbocycles. The normalized spacial score (nSPS) is 15.8. The molecule has 0 bridgehead atoms. The van der Waals surface area contributed by atoms with Gasteiger partial charge in [-0.05, 0) is 6.42 Å². The summed E-state index contributed by atoms with van der Waals surface area (Å²) in [5, 5.41) is 46.7. The quantitative estimate of drug-likeness (QED) is 0.164. The molecule has 4 atom stereocenters. The van der Waals surface area contributed by atoms with Crippen LogP contribution in [0.15, 0.2) is 0 Å². The highest BCUT2D eigenvalue weighted by Crippen LogP contribution is 2.13. The van der Waals surface area contributed by atoms with Gasteiger partial charge in [0.1, 0.15) is 31.0 Å². The molecule has 0 aromatic rings. The van der Waals surface area contributed by atoms with Crippen LogP contribution < -0.4 is 0 Å². The molecule has 7 nitrogen and oxygen atoms in total. The number of aliphatic hydroxyl groups is 5. The molecule has 28 heavy (non-hydrogen) atoms. The Labute approximate surface area is 169 Å². The third-order valence-corrected chi connectivity index (χ3v) is 4.97. The van der Waals surface area contributed by atoms with Gasteiger partial charge in [-0.3, -0.25) is 4.79 Å². The van der Waals surface area contributed by atoms with E-state index in [1.165, 1.54) is 57.8 Å². The summed E-state index contributed by atoms with van der Waals surface area (Å²) in [7, 11) is 0. The fourth-order valence-electron chi connectivity index (χ4n) is 3.02. The van der Waals surface area contributed by atoms with Crippen LogP contribution in [0, 0.1) is 0 Å². The van der Waals surface area contributed by atoms with Crippen molar-refractivity contribution in [3.05, 3.63) is 0 Å². The van der Waals surface area contributed by atoms with Gasteiger partial charge in [0.15, 0.2) is 0 Å². The fraction of sp³-hybridized carbons (Fsp3) is 0.952. The Morgan fingerprint density at radius 1 is 0.714 bits per heavy atom. The molecule has 0 saturated heterocycles. The van der Waals surface area contributed by atoms with Gasteiger partial charge in [0, 0.05) is 6.42 Å². The van der Waals surface area contributed by atoms with E-state index in [0.29, 0.717) is 0 Å². The van der Waals surface area contributed by atoms with Crippen molar-refractivity contribution >= 4 is 5.97 Å². The van der Waals surface area contributed by atoms with E-state index < -0.39 is 43.6 Å². The molecule has 0 aromatic heterocycles. The molecule has 5 N–H and O–H groups in total. The summed E-state index contributed by atoms with van der Waals surface area (Å²) in [5.74, 6) is -0.462. The predicted octanol–water partition coefficient (Wildman–Crippen LogP) is 2.06. The monoisotopic (exact) mass is 406 g/mol. The molecule has 0 aliphatic carbocycles. The molecule has 168 valence electrons. The minimum atomic E-state index is -1.71. The number of esters is 1. The van der Waals surface area contributed by atoms with Crippen molar-refractivity contribution in [1.29, 1.82) is 0 Å². The molecule has 0 amide bonds. The Kier molecular flexibility index (Phi) is 17.8. The highest BCUT2D eigenvalue weighted by Gasteiger charge is 2.30. The van der Waals surface area contributed by atoms with E-state index in [0.717, 1.165) is 19.3 Å². The van der Waals surface area contributed by atoms with Gasteiger partial charge < -0.3 is 30.3 Å². The molecule has 0 fully saturated rings. The first-order valence-corrected chi connectivity index (χ1v) is 10.9. The molecular weight excluding hydrogens is 364 g/mol. The Morgan fingerprint density at radius 2 is 1.14 bits per heavy atom. The molecule has 0 aliphatic rings. The van der Waals surface area contributed by atoms with Crippen molar-refractivity contribution < 1.29 is 35.1 Å². The summed E-state index contributed by atoms with van der Waals surface area (Å²) in [4.78, 5) is 11.6.